The Bertz CT molecular complexity index is 1040. The van der Waals surface area contributed by atoms with E-state index in [1.807, 2.05) is 24.3 Å². The van der Waals surface area contributed by atoms with Crippen LogP contribution in [0.2, 0.25) is 0 Å². The Morgan fingerprint density at radius 2 is 2.08 bits per heavy atom. The van der Waals surface area contributed by atoms with Gasteiger partial charge in [0.2, 0.25) is 4.96 Å². The second kappa shape index (κ2) is 6.21. The van der Waals surface area contributed by atoms with E-state index in [-0.39, 0.29) is 5.82 Å². The maximum Gasteiger partial charge on any atom is 0.235 e. The summed E-state index contributed by atoms with van der Waals surface area (Å²) in [6.45, 7) is 0. The molecule has 0 bridgehead atoms. The van der Waals surface area contributed by atoms with Gasteiger partial charge in [-0.2, -0.15) is 9.61 Å². The van der Waals surface area contributed by atoms with E-state index >= 15 is 0 Å². The number of halogens is 2. The largest absolute Gasteiger partial charge is 0.264 e. The lowest BCUT2D eigenvalue weighted by Gasteiger charge is -2.00. The first-order valence-electron chi connectivity index (χ1n) is 6.96. The monoisotopic (exact) mass is 401 g/mol. The molecule has 0 atom stereocenters. The molecule has 0 saturated heterocycles. The number of nitrogens with zero attached hydrogens (tertiary/aromatic N) is 5. The van der Waals surface area contributed by atoms with Gasteiger partial charge >= 0.3 is 0 Å². The number of fused-ring (bicyclic) bond motifs is 1. The molecule has 0 unspecified atom stereocenters. The van der Waals surface area contributed by atoms with Crippen molar-refractivity contribution < 1.29 is 4.39 Å². The Hall–Kier alpha value is -2.45. The second-order valence-corrected chi connectivity index (χ2v) is 6.81. The van der Waals surface area contributed by atoms with E-state index in [1.54, 1.807) is 29.0 Å². The van der Waals surface area contributed by atoms with Crippen molar-refractivity contribution in [3.05, 3.63) is 63.6 Å². The summed E-state index contributed by atoms with van der Waals surface area (Å²) < 4.78 is 16.4. The smallest absolute Gasteiger partial charge is 0.235 e. The molecular weight excluding hydrogens is 393 g/mol. The van der Waals surface area contributed by atoms with Gasteiger partial charge in [-0.05, 0) is 35.9 Å². The maximum atomic E-state index is 14.1. The third-order valence-corrected chi connectivity index (χ3v) is 4.64. The highest BCUT2D eigenvalue weighted by atomic mass is 79.9. The molecule has 3 aromatic heterocycles. The van der Waals surface area contributed by atoms with Crippen LogP contribution in [0.5, 0.6) is 0 Å². The van der Waals surface area contributed by atoms with Gasteiger partial charge in [-0.3, -0.25) is 4.98 Å². The molecule has 3 heterocycles. The SMILES string of the molecule is Fc1ccc(Br)cc1-c1nnc2sc(C=Cc3cccnc3)nn12. The lowest BCUT2D eigenvalue weighted by Crippen LogP contribution is -1.93. The van der Waals surface area contributed by atoms with Crippen LogP contribution in [-0.4, -0.2) is 24.8 Å². The Morgan fingerprint density at radius 3 is 2.92 bits per heavy atom. The Kier molecular flexibility index (Phi) is 3.91. The van der Waals surface area contributed by atoms with Crippen LogP contribution in [0.3, 0.4) is 0 Å². The highest BCUT2D eigenvalue weighted by molar-refractivity contribution is 9.10. The van der Waals surface area contributed by atoms with E-state index in [2.05, 4.69) is 36.2 Å². The second-order valence-electron chi connectivity index (χ2n) is 4.90. The van der Waals surface area contributed by atoms with Crippen LogP contribution in [-0.2, 0) is 0 Å². The zero-order valence-corrected chi connectivity index (χ0v) is 14.5. The fourth-order valence-electron chi connectivity index (χ4n) is 2.18. The van der Waals surface area contributed by atoms with Crippen LogP contribution < -0.4 is 0 Å². The molecule has 4 rings (SSSR count). The molecule has 0 aliphatic heterocycles. The Morgan fingerprint density at radius 1 is 1.17 bits per heavy atom. The molecule has 0 spiro atoms. The van der Waals surface area contributed by atoms with Crippen molar-refractivity contribution in [3.63, 3.8) is 0 Å². The van der Waals surface area contributed by atoms with Crippen LogP contribution >= 0.6 is 27.3 Å². The van der Waals surface area contributed by atoms with Gasteiger partial charge in [0.05, 0.1) is 5.56 Å². The molecule has 0 fully saturated rings. The molecule has 118 valence electrons. The molecule has 4 aromatic rings. The molecule has 8 heteroatoms. The number of hydrogen-bond acceptors (Lipinski definition) is 5. The van der Waals surface area contributed by atoms with E-state index < -0.39 is 0 Å². The lowest BCUT2D eigenvalue weighted by molar-refractivity contribution is 0.629. The molecule has 0 aliphatic carbocycles. The summed E-state index contributed by atoms with van der Waals surface area (Å²) in [5, 5.41) is 13.3. The standard InChI is InChI=1S/C16H9BrFN5S/c17-11-4-5-13(18)12(8-11)15-20-21-16-23(15)22-14(24-16)6-3-10-2-1-7-19-9-10/h1-9H. The highest BCUT2D eigenvalue weighted by Crippen LogP contribution is 2.27. The molecule has 0 aliphatic rings. The van der Waals surface area contributed by atoms with Crippen LogP contribution in [0.4, 0.5) is 4.39 Å². The summed E-state index contributed by atoms with van der Waals surface area (Å²) in [6, 6.07) is 8.50. The molecule has 0 N–H and O–H groups in total. The van der Waals surface area contributed by atoms with Crippen molar-refractivity contribution >= 4 is 44.4 Å². The van der Waals surface area contributed by atoms with Gasteiger partial charge in [0.25, 0.3) is 0 Å². The average molecular weight is 402 g/mol. The molecular formula is C16H9BrFN5S. The minimum absolute atomic E-state index is 0.352. The number of rotatable bonds is 3. The summed E-state index contributed by atoms with van der Waals surface area (Å²) in [5.74, 6) is 0.00836. The van der Waals surface area contributed by atoms with Crippen molar-refractivity contribution in [2.24, 2.45) is 0 Å². The third-order valence-electron chi connectivity index (χ3n) is 3.28. The van der Waals surface area contributed by atoms with Crippen molar-refractivity contribution in [3.8, 4) is 11.4 Å². The van der Waals surface area contributed by atoms with Crippen LogP contribution in [0.25, 0.3) is 28.5 Å². The van der Waals surface area contributed by atoms with Gasteiger partial charge in [-0.15, -0.1) is 10.2 Å². The maximum absolute atomic E-state index is 14.1. The molecule has 0 radical (unpaired) electrons. The number of pyridine rings is 1. The first-order chi connectivity index (χ1) is 11.7. The third kappa shape index (κ3) is 2.85. The van der Waals surface area contributed by atoms with Gasteiger partial charge in [-0.25, -0.2) is 4.39 Å². The zero-order chi connectivity index (χ0) is 16.5. The highest BCUT2D eigenvalue weighted by Gasteiger charge is 2.16. The van der Waals surface area contributed by atoms with Crippen molar-refractivity contribution in [2.75, 3.05) is 0 Å². The fourth-order valence-corrected chi connectivity index (χ4v) is 3.28. The first-order valence-corrected chi connectivity index (χ1v) is 8.57. The van der Waals surface area contributed by atoms with E-state index in [0.29, 0.717) is 16.3 Å². The van der Waals surface area contributed by atoms with E-state index in [0.717, 1.165) is 15.0 Å². The molecule has 0 saturated carbocycles. The van der Waals surface area contributed by atoms with Gasteiger partial charge in [0.1, 0.15) is 10.8 Å². The summed E-state index contributed by atoms with van der Waals surface area (Å²) >= 11 is 4.72. The van der Waals surface area contributed by atoms with Gasteiger partial charge in [-0.1, -0.05) is 39.4 Å². The van der Waals surface area contributed by atoms with Crippen molar-refractivity contribution in [1.82, 2.24) is 24.8 Å². The lowest BCUT2D eigenvalue weighted by atomic mass is 10.2. The van der Waals surface area contributed by atoms with Crippen molar-refractivity contribution in [1.29, 1.82) is 0 Å². The predicted molar refractivity (Wildman–Crippen MR) is 94.9 cm³/mol. The molecule has 5 nitrogen and oxygen atoms in total. The van der Waals surface area contributed by atoms with Crippen molar-refractivity contribution in [2.45, 2.75) is 0 Å². The zero-order valence-electron chi connectivity index (χ0n) is 12.1. The summed E-state index contributed by atoms with van der Waals surface area (Å²) in [6.07, 6.45) is 7.27. The van der Waals surface area contributed by atoms with E-state index in [4.69, 9.17) is 0 Å². The first kappa shape index (κ1) is 15.1. The molecule has 1 aromatic carbocycles. The minimum Gasteiger partial charge on any atom is -0.264 e. The fraction of sp³-hybridized carbons (Fsp3) is 0. The number of benzene rings is 1. The molecule has 0 amide bonds. The quantitative estimate of drug-likeness (QED) is 0.512. The van der Waals surface area contributed by atoms with Gasteiger partial charge in [0.15, 0.2) is 5.82 Å². The predicted octanol–water partition coefficient (Wildman–Crippen LogP) is 4.32. The number of hydrogen-bond donors (Lipinski definition) is 0. The summed E-state index contributed by atoms with van der Waals surface area (Å²) in [5.41, 5.74) is 1.33. The van der Waals surface area contributed by atoms with E-state index in [1.165, 1.54) is 17.4 Å². The van der Waals surface area contributed by atoms with Crippen LogP contribution in [0.1, 0.15) is 10.6 Å². The topological polar surface area (TPSA) is 56.0 Å². The van der Waals surface area contributed by atoms with Gasteiger partial charge in [0, 0.05) is 16.9 Å². The average Bonchev–Trinajstić information content (AvgIpc) is 3.16. The summed E-state index contributed by atoms with van der Waals surface area (Å²) in [7, 11) is 0. The normalized spacial score (nSPS) is 11.6. The Balaban J connectivity index is 1.74. The van der Waals surface area contributed by atoms with Crippen LogP contribution in [0.15, 0.2) is 47.2 Å². The Labute approximate surface area is 148 Å². The van der Waals surface area contributed by atoms with Crippen LogP contribution in [0, 0.1) is 5.82 Å². The van der Waals surface area contributed by atoms with Gasteiger partial charge < -0.3 is 0 Å². The minimum atomic E-state index is -0.368. The number of aromatic nitrogens is 5. The summed E-state index contributed by atoms with van der Waals surface area (Å²) in [4.78, 5) is 4.67. The molecule has 24 heavy (non-hydrogen) atoms. The van der Waals surface area contributed by atoms with E-state index in [9.17, 15) is 4.39 Å².